The molecule has 0 bridgehead atoms. The van der Waals surface area contributed by atoms with Gasteiger partial charge in [-0.05, 0) is 66.2 Å². The summed E-state index contributed by atoms with van der Waals surface area (Å²) < 4.78 is 29.3. The van der Waals surface area contributed by atoms with Gasteiger partial charge in [-0.1, -0.05) is 0 Å². The molecule has 3 N–H and O–H groups in total. The molecule has 0 saturated carbocycles. The highest BCUT2D eigenvalue weighted by molar-refractivity contribution is 5.99. The third-order valence-electron chi connectivity index (χ3n) is 7.89. The normalized spacial score (nSPS) is 13.3. The Kier molecular flexibility index (Phi) is 9.64. The molecule has 0 radical (unpaired) electrons. The number of morpholine rings is 1. The van der Waals surface area contributed by atoms with E-state index in [1.807, 2.05) is 48.5 Å². The average molecular weight is 640 g/mol. The zero-order chi connectivity index (χ0) is 32.8. The van der Waals surface area contributed by atoms with Crippen LogP contribution in [0.4, 0.5) is 11.5 Å². The van der Waals surface area contributed by atoms with Crippen molar-refractivity contribution in [1.29, 1.82) is 0 Å². The Morgan fingerprint density at radius 1 is 0.936 bits per heavy atom. The van der Waals surface area contributed by atoms with Crippen LogP contribution in [0.25, 0.3) is 28.0 Å². The van der Waals surface area contributed by atoms with E-state index in [1.165, 1.54) is 27.7 Å². The van der Waals surface area contributed by atoms with E-state index in [0.717, 1.165) is 49.8 Å². The predicted molar refractivity (Wildman–Crippen MR) is 178 cm³/mol. The number of ether oxygens (including phenoxy) is 5. The topological polar surface area (TPSA) is 148 Å². The highest BCUT2D eigenvalue weighted by Gasteiger charge is 2.19. The van der Waals surface area contributed by atoms with E-state index in [-0.39, 0.29) is 12.3 Å². The number of rotatable bonds is 12. The lowest BCUT2D eigenvalue weighted by Gasteiger charge is -2.26. The molecule has 13 heteroatoms. The van der Waals surface area contributed by atoms with Crippen LogP contribution in [-0.4, -0.2) is 91.3 Å². The maximum absolute atomic E-state index is 12.9. The van der Waals surface area contributed by atoms with Crippen molar-refractivity contribution >= 4 is 28.4 Å². The molecule has 0 spiro atoms. The van der Waals surface area contributed by atoms with Crippen LogP contribution in [0.1, 0.15) is 5.56 Å². The largest absolute Gasteiger partial charge is 0.493 e. The quantitative estimate of drug-likeness (QED) is 0.204. The van der Waals surface area contributed by atoms with Gasteiger partial charge in [0.1, 0.15) is 30.2 Å². The Bertz CT molecular complexity index is 1810. The zero-order valence-electron chi connectivity index (χ0n) is 26.6. The molecule has 1 aliphatic rings. The second kappa shape index (κ2) is 14.4. The lowest BCUT2D eigenvalue weighted by Crippen LogP contribution is -2.38. The number of amides is 1. The summed E-state index contributed by atoms with van der Waals surface area (Å²) in [6.45, 7) is 4.83. The first-order chi connectivity index (χ1) is 23.0. The first-order valence-electron chi connectivity index (χ1n) is 15.2. The van der Waals surface area contributed by atoms with Gasteiger partial charge in [-0.2, -0.15) is 5.10 Å². The molecule has 47 heavy (non-hydrogen) atoms. The third kappa shape index (κ3) is 7.05. The number of hydrogen-bond donors (Lipinski definition) is 2. The van der Waals surface area contributed by atoms with Crippen molar-refractivity contribution in [2.24, 2.45) is 0 Å². The van der Waals surface area contributed by atoms with E-state index in [4.69, 9.17) is 34.5 Å². The number of fused-ring (bicyclic) bond motifs is 1. The van der Waals surface area contributed by atoms with Crippen LogP contribution in [0.5, 0.6) is 23.0 Å². The lowest BCUT2D eigenvalue weighted by atomic mass is 10.1. The van der Waals surface area contributed by atoms with Gasteiger partial charge >= 0.3 is 0 Å². The van der Waals surface area contributed by atoms with E-state index < -0.39 is 0 Å². The molecule has 1 amide bonds. The van der Waals surface area contributed by atoms with Gasteiger partial charge < -0.3 is 34.7 Å². The summed E-state index contributed by atoms with van der Waals surface area (Å²) in [5.41, 5.74) is 10.5. The number of aromatic nitrogens is 4. The Balaban J connectivity index is 1.16. The summed E-state index contributed by atoms with van der Waals surface area (Å²) in [7, 11) is 4.61. The van der Waals surface area contributed by atoms with Crippen molar-refractivity contribution in [3.63, 3.8) is 0 Å². The Morgan fingerprint density at radius 2 is 1.64 bits per heavy atom. The van der Waals surface area contributed by atoms with Gasteiger partial charge in [0.25, 0.3) is 0 Å². The van der Waals surface area contributed by atoms with E-state index in [0.29, 0.717) is 57.7 Å². The summed E-state index contributed by atoms with van der Waals surface area (Å²) in [5.74, 6) is 2.34. The highest BCUT2D eigenvalue weighted by atomic mass is 16.5. The van der Waals surface area contributed by atoms with Crippen LogP contribution in [0.3, 0.4) is 0 Å². The van der Waals surface area contributed by atoms with Crippen LogP contribution in [-0.2, 0) is 16.0 Å². The van der Waals surface area contributed by atoms with Crippen molar-refractivity contribution in [3.8, 4) is 39.9 Å². The first kappa shape index (κ1) is 31.6. The molecular weight excluding hydrogens is 602 g/mol. The summed E-state index contributed by atoms with van der Waals surface area (Å²) in [6.07, 6.45) is 1.53. The molecule has 0 unspecified atom stereocenters. The molecule has 3 heterocycles. The third-order valence-corrected chi connectivity index (χ3v) is 7.89. The molecule has 3 aromatic carbocycles. The van der Waals surface area contributed by atoms with Gasteiger partial charge in [-0.25, -0.2) is 14.6 Å². The van der Waals surface area contributed by atoms with Crippen LogP contribution in [0.2, 0.25) is 0 Å². The number of nitrogens with one attached hydrogen (secondary N) is 1. The summed E-state index contributed by atoms with van der Waals surface area (Å²) >= 11 is 0. The van der Waals surface area contributed by atoms with Gasteiger partial charge in [0.05, 0.1) is 52.0 Å². The summed E-state index contributed by atoms with van der Waals surface area (Å²) in [5, 5.41) is 8.48. The molecule has 2 aromatic heterocycles. The Labute approximate surface area is 272 Å². The number of nitrogen functional groups attached to an aromatic ring is 1. The standard InChI is InChI=1S/C34H37N7O6/c1-43-27-18-22(19-28(44-2)32(27)45-3)20-29(42)38-24-6-8-25(9-7-24)41-34-30(33(35)36-21-37-34)31(39-41)23-4-10-26(11-5-23)47-17-14-40-12-15-46-16-13-40/h4-11,18-19,21H,12-17,20H2,1-3H3,(H,38,42)(H2,35,36,37). The summed E-state index contributed by atoms with van der Waals surface area (Å²) in [4.78, 5) is 24.0. The number of hydrogen-bond acceptors (Lipinski definition) is 11. The van der Waals surface area contributed by atoms with Crippen molar-refractivity contribution in [2.75, 3.05) is 71.8 Å². The molecule has 244 valence electrons. The molecule has 1 fully saturated rings. The number of methoxy groups -OCH3 is 3. The van der Waals surface area contributed by atoms with Gasteiger partial charge in [0, 0.05) is 30.9 Å². The van der Waals surface area contributed by atoms with Gasteiger partial charge in [-0.15, -0.1) is 0 Å². The second-order valence-electron chi connectivity index (χ2n) is 10.9. The number of carbonyl (C=O) groups excluding carboxylic acids is 1. The van der Waals surface area contributed by atoms with Crippen molar-refractivity contribution in [3.05, 3.63) is 72.6 Å². The fourth-order valence-electron chi connectivity index (χ4n) is 5.50. The minimum Gasteiger partial charge on any atom is -0.493 e. The minimum absolute atomic E-state index is 0.111. The van der Waals surface area contributed by atoms with Crippen LogP contribution in [0.15, 0.2) is 67.0 Å². The van der Waals surface area contributed by atoms with Crippen molar-refractivity contribution < 1.29 is 28.5 Å². The Hall–Kier alpha value is -5.40. The zero-order valence-corrected chi connectivity index (χ0v) is 26.6. The van der Waals surface area contributed by atoms with Gasteiger partial charge in [-0.3, -0.25) is 9.69 Å². The lowest BCUT2D eigenvalue weighted by molar-refractivity contribution is -0.115. The fourth-order valence-corrected chi connectivity index (χ4v) is 5.50. The monoisotopic (exact) mass is 639 g/mol. The van der Waals surface area contributed by atoms with Crippen molar-refractivity contribution in [2.45, 2.75) is 6.42 Å². The van der Waals surface area contributed by atoms with Crippen LogP contribution >= 0.6 is 0 Å². The molecule has 1 saturated heterocycles. The summed E-state index contributed by atoms with van der Waals surface area (Å²) in [6, 6.07) is 18.6. The van der Waals surface area contributed by atoms with E-state index in [1.54, 1.807) is 16.8 Å². The number of nitrogens with zero attached hydrogens (tertiary/aromatic N) is 5. The van der Waals surface area contributed by atoms with E-state index >= 15 is 0 Å². The molecule has 0 atom stereocenters. The minimum atomic E-state index is -0.201. The Morgan fingerprint density at radius 3 is 2.30 bits per heavy atom. The first-order valence-corrected chi connectivity index (χ1v) is 15.2. The smallest absolute Gasteiger partial charge is 0.228 e. The van der Waals surface area contributed by atoms with Crippen LogP contribution in [0, 0.1) is 0 Å². The predicted octanol–water partition coefficient (Wildman–Crippen LogP) is 3.98. The number of nitrogens with two attached hydrogens (primary N) is 1. The molecule has 6 rings (SSSR count). The van der Waals surface area contributed by atoms with E-state index in [9.17, 15) is 4.79 Å². The van der Waals surface area contributed by atoms with E-state index in [2.05, 4.69) is 20.2 Å². The maximum atomic E-state index is 12.9. The SMILES string of the molecule is COc1cc(CC(=O)Nc2ccc(-n3nc(-c4ccc(OCCN5CCOCC5)cc4)c4c(N)ncnc43)cc2)cc(OC)c1OC. The highest BCUT2D eigenvalue weighted by Crippen LogP contribution is 2.38. The van der Waals surface area contributed by atoms with Crippen LogP contribution < -0.4 is 30.0 Å². The molecule has 5 aromatic rings. The van der Waals surface area contributed by atoms with Gasteiger partial charge in [0.2, 0.25) is 11.7 Å². The number of anilines is 2. The van der Waals surface area contributed by atoms with Crippen molar-refractivity contribution in [1.82, 2.24) is 24.6 Å². The molecule has 0 aliphatic carbocycles. The molecule has 1 aliphatic heterocycles. The number of benzene rings is 3. The average Bonchev–Trinajstić information content (AvgIpc) is 3.50. The number of carbonyl (C=O) groups is 1. The molecule has 13 nitrogen and oxygen atoms in total. The van der Waals surface area contributed by atoms with Gasteiger partial charge in [0.15, 0.2) is 17.1 Å². The maximum Gasteiger partial charge on any atom is 0.228 e. The second-order valence-corrected chi connectivity index (χ2v) is 10.9. The fraction of sp³-hybridized carbons (Fsp3) is 0.294. The molecular formula is C34H37N7O6.